The molecule has 0 spiro atoms. The first-order valence-corrected chi connectivity index (χ1v) is 7.11. The number of hydrogen-bond donors (Lipinski definition) is 1. The Labute approximate surface area is 118 Å². The van der Waals surface area contributed by atoms with E-state index in [0.717, 1.165) is 9.37 Å². The summed E-state index contributed by atoms with van der Waals surface area (Å²) in [5.74, 6) is -0.642. The molecular weight excluding hydrogens is 318 g/mol. The van der Waals surface area contributed by atoms with Gasteiger partial charge < -0.3 is 10.0 Å². The van der Waals surface area contributed by atoms with E-state index in [1.165, 1.54) is 16.7 Å². The molecule has 1 aromatic rings. The van der Waals surface area contributed by atoms with Crippen LogP contribution in [0.15, 0.2) is 33.6 Å². The number of amides is 1. The molecule has 0 unspecified atom stereocenters. The van der Waals surface area contributed by atoms with E-state index >= 15 is 0 Å². The van der Waals surface area contributed by atoms with E-state index in [2.05, 4.69) is 15.9 Å². The lowest BCUT2D eigenvalue weighted by Gasteiger charge is -2.15. The molecular formula is C12H14BrNO3S. The third kappa shape index (κ3) is 5.55. The lowest BCUT2D eigenvalue weighted by molar-refractivity contribution is -0.137. The fourth-order valence-electron chi connectivity index (χ4n) is 1.17. The van der Waals surface area contributed by atoms with Gasteiger partial charge in [0.2, 0.25) is 5.91 Å². The normalized spacial score (nSPS) is 10.1. The van der Waals surface area contributed by atoms with Gasteiger partial charge >= 0.3 is 5.97 Å². The highest BCUT2D eigenvalue weighted by atomic mass is 79.9. The Hall–Kier alpha value is -1.01. The van der Waals surface area contributed by atoms with Crippen molar-refractivity contribution in [2.45, 2.75) is 11.3 Å². The third-order valence-electron chi connectivity index (χ3n) is 2.26. The van der Waals surface area contributed by atoms with Crippen LogP contribution in [0.4, 0.5) is 0 Å². The second-order valence-electron chi connectivity index (χ2n) is 3.70. The van der Waals surface area contributed by atoms with Crippen LogP contribution in [0.25, 0.3) is 0 Å². The average molecular weight is 332 g/mol. The summed E-state index contributed by atoms with van der Waals surface area (Å²) in [5.41, 5.74) is 0. The Balaban J connectivity index is 2.36. The highest BCUT2D eigenvalue weighted by Gasteiger charge is 2.10. The van der Waals surface area contributed by atoms with Crippen LogP contribution in [0.1, 0.15) is 6.42 Å². The summed E-state index contributed by atoms with van der Waals surface area (Å²) in [7, 11) is 1.62. The second-order valence-corrected chi connectivity index (χ2v) is 5.67. The predicted molar refractivity (Wildman–Crippen MR) is 74.8 cm³/mol. The molecule has 98 valence electrons. The van der Waals surface area contributed by atoms with Crippen molar-refractivity contribution in [1.82, 2.24) is 4.90 Å². The monoisotopic (exact) mass is 331 g/mol. The van der Waals surface area contributed by atoms with Crippen LogP contribution in [0.5, 0.6) is 0 Å². The molecule has 0 saturated heterocycles. The van der Waals surface area contributed by atoms with Crippen LogP contribution in [0, 0.1) is 0 Å². The van der Waals surface area contributed by atoms with Gasteiger partial charge in [0.25, 0.3) is 0 Å². The van der Waals surface area contributed by atoms with E-state index in [1.807, 2.05) is 24.3 Å². The van der Waals surface area contributed by atoms with Crippen molar-refractivity contribution < 1.29 is 14.7 Å². The average Bonchev–Trinajstić information content (AvgIpc) is 2.34. The summed E-state index contributed by atoms with van der Waals surface area (Å²) >= 11 is 4.78. The maximum Gasteiger partial charge on any atom is 0.305 e. The first kappa shape index (κ1) is 15.0. The molecule has 0 aromatic heterocycles. The molecule has 18 heavy (non-hydrogen) atoms. The van der Waals surface area contributed by atoms with Gasteiger partial charge in [-0.2, -0.15) is 0 Å². The lowest BCUT2D eigenvalue weighted by Crippen LogP contribution is -2.30. The zero-order valence-corrected chi connectivity index (χ0v) is 12.3. The van der Waals surface area contributed by atoms with Crippen LogP contribution in [-0.2, 0) is 9.59 Å². The van der Waals surface area contributed by atoms with Gasteiger partial charge in [0.15, 0.2) is 0 Å². The number of hydrogen-bond acceptors (Lipinski definition) is 3. The Morgan fingerprint density at radius 3 is 2.50 bits per heavy atom. The van der Waals surface area contributed by atoms with Gasteiger partial charge in [0.1, 0.15) is 0 Å². The van der Waals surface area contributed by atoms with E-state index < -0.39 is 5.97 Å². The first-order chi connectivity index (χ1) is 8.49. The zero-order chi connectivity index (χ0) is 13.5. The SMILES string of the molecule is CN(CCC(=O)O)C(=O)CSc1ccc(Br)cc1. The number of aliphatic carboxylic acids is 1. The van der Waals surface area contributed by atoms with Crippen molar-refractivity contribution >= 4 is 39.6 Å². The Bertz CT molecular complexity index is 422. The van der Waals surface area contributed by atoms with Gasteiger partial charge in [-0.25, -0.2) is 0 Å². The molecule has 0 heterocycles. The minimum absolute atomic E-state index is 0.0226. The van der Waals surface area contributed by atoms with Gasteiger partial charge in [-0.3, -0.25) is 9.59 Å². The fraction of sp³-hybridized carbons (Fsp3) is 0.333. The Morgan fingerprint density at radius 1 is 1.33 bits per heavy atom. The van der Waals surface area contributed by atoms with Crippen molar-refractivity contribution in [3.63, 3.8) is 0 Å². The molecule has 1 rings (SSSR count). The van der Waals surface area contributed by atoms with E-state index in [-0.39, 0.29) is 18.9 Å². The van der Waals surface area contributed by atoms with E-state index in [1.54, 1.807) is 7.05 Å². The number of nitrogens with zero attached hydrogens (tertiary/aromatic N) is 1. The van der Waals surface area contributed by atoms with Crippen molar-refractivity contribution in [3.05, 3.63) is 28.7 Å². The largest absolute Gasteiger partial charge is 0.481 e. The number of carboxylic acids is 1. The maximum absolute atomic E-state index is 11.7. The van der Waals surface area contributed by atoms with Gasteiger partial charge in [0.05, 0.1) is 12.2 Å². The van der Waals surface area contributed by atoms with Gasteiger partial charge in [0, 0.05) is 23.0 Å². The molecule has 0 saturated carbocycles. The Kier molecular flexibility index (Phi) is 6.21. The van der Waals surface area contributed by atoms with Crippen LogP contribution in [0.2, 0.25) is 0 Å². The molecule has 6 heteroatoms. The molecule has 0 atom stereocenters. The van der Waals surface area contributed by atoms with Crippen LogP contribution < -0.4 is 0 Å². The number of benzene rings is 1. The van der Waals surface area contributed by atoms with Crippen molar-refractivity contribution in [2.24, 2.45) is 0 Å². The van der Waals surface area contributed by atoms with Crippen LogP contribution >= 0.6 is 27.7 Å². The topological polar surface area (TPSA) is 57.6 Å². The third-order valence-corrected chi connectivity index (χ3v) is 3.79. The molecule has 0 radical (unpaired) electrons. The zero-order valence-electron chi connectivity index (χ0n) is 9.93. The van der Waals surface area contributed by atoms with Crippen LogP contribution in [-0.4, -0.2) is 41.2 Å². The van der Waals surface area contributed by atoms with Crippen LogP contribution in [0.3, 0.4) is 0 Å². The standard InChI is InChI=1S/C12H14BrNO3S/c1-14(7-6-12(16)17)11(15)8-18-10-4-2-9(13)3-5-10/h2-5H,6-8H2,1H3,(H,16,17). The highest BCUT2D eigenvalue weighted by molar-refractivity contribution is 9.10. The molecule has 0 aliphatic rings. The van der Waals surface area contributed by atoms with Crippen molar-refractivity contribution in [1.29, 1.82) is 0 Å². The maximum atomic E-state index is 11.7. The van der Waals surface area contributed by atoms with Crippen molar-refractivity contribution in [3.8, 4) is 0 Å². The molecule has 0 aliphatic carbocycles. The lowest BCUT2D eigenvalue weighted by atomic mass is 10.4. The number of thioether (sulfide) groups is 1. The number of carbonyl (C=O) groups is 2. The minimum atomic E-state index is -0.893. The molecule has 1 N–H and O–H groups in total. The minimum Gasteiger partial charge on any atom is -0.481 e. The summed E-state index contributed by atoms with van der Waals surface area (Å²) in [6.07, 6.45) is -0.0226. The highest BCUT2D eigenvalue weighted by Crippen LogP contribution is 2.20. The van der Waals surface area contributed by atoms with E-state index in [9.17, 15) is 9.59 Å². The van der Waals surface area contributed by atoms with Gasteiger partial charge in [-0.05, 0) is 24.3 Å². The predicted octanol–water partition coefficient (Wildman–Crippen LogP) is 2.47. The molecule has 1 aromatic carbocycles. The molecule has 0 fully saturated rings. The molecule has 0 bridgehead atoms. The summed E-state index contributed by atoms with van der Waals surface area (Å²) in [6.45, 7) is 0.245. The van der Waals surface area contributed by atoms with E-state index in [4.69, 9.17) is 5.11 Å². The number of halogens is 1. The smallest absolute Gasteiger partial charge is 0.305 e. The van der Waals surface area contributed by atoms with E-state index in [0.29, 0.717) is 5.75 Å². The molecule has 1 amide bonds. The first-order valence-electron chi connectivity index (χ1n) is 5.33. The number of carbonyl (C=O) groups excluding carboxylic acids is 1. The van der Waals surface area contributed by atoms with Gasteiger partial charge in [-0.15, -0.1) is 11.8 Å². The summed E-state index contributed by atoms with van der Waals surface area (Å²) in [5, 5.41) is 8.53. The summed E-state index contributed by atoms with van der Waals surface area (Å²) < 4.78 is 0.997. The second kappa shape index (κ2) is 7.43. The number of carboxylic acid groups (broad SMARTS) is 1. The molecule has 0 aliphatic heterocycles. The van der Waals surface area contributed by atoms with Crippen molar-refractivity contribution in [2.75, 3.05) is 19.3 Å². The quantitative estimate of drug-likeness (QED) is 0.813. The molecule has 4 nitrogen and oxygen atoms in total. The number of rotatable bonds is 6. The Morgan fingerprint density at radius 2 is 1.94 bits per heavy atom. The fourth-order valence-corrected chi connectivity index (χ4v) is 2.28. The van der Waals surface area contributed by atoms with Gasteiger partial charge in [-0.1, -0.05) is 15.9 Å². The summed E-state index contributed by atoms with van der Waals surface area (Å²) in [6, 6.07) is 7.69. The summed E-state index contributed by atoms with van der Waals surface area (Å²) in [4.78, 5) is 24.5.